The molecule has 0 saturated carbocycles. The third-order valence-corrected chi connectivity index (χ3v) is 4.55. The average molecular weight is 335 g/mol. The van der Waals surface area contributed by atoms with Crippen LogP contribution in [0.25, 0.3) is 0 Å². The number of rotatable bonds is 10. The summed E-state index contributed by atoms with van der Waals surface area (Å²) in [6.07, 6.45) is 3.37. The van der Waals surface area contributed by atoms with Crippen LogP contribution in [0.4, 0.5) is 13.2 Å². The van der Waals surface area contributed by atoms with E-state index in [0.29, 0.717) is 17.8 Å². The minimum atomic E-state index is -4.47. The first-order valence-corrected chi connectivity index (χ1v) is 8.85. The summed E-state index contributed by atoms with van der Waals surface area (Å²) in [4.78, 5) is 15.9. The van der Waals surface area contributed by atoms with E-state index in [2.05, 4.69) is 11.9 Å². The van der Waals surface area contributed by atoms with Crippen molar-refractivity contribution in [3.63, 3.8) is 0 Å². The highest BCUT2D eigenvalue weighted by Gasteiger charge is 2.35. The third kappa shape index (κ3) is 6.07. The van der Waals surface area contributed by atoms with Gasteiger partial charge in [0.25, 0.3) is 0 Å². The molecule has 0 aliphatic rings. The van der Waals surface area contributed by atoms with Gasteiger partial charge in [0.05, 0.1) is 0 Å². The number of nitrogens with zero attached hydrogens (tertiary/aromatic N) is 1. The Morgan fingerprint density at radius 1 is 1.14 bits per heavy atom. The molecule has 22 heavy (non-hydrogen) atoms. The van der Waals surface area contributed by atoms with E-state index in [1.165, 1.54) is 11.8 Å². The van der Waals surface area contributed by atoms with E-state index in [9.17, 15) is 18.0 Å². The van der Waals surface area contributed by atoms with Crippen molar-refractivity contribution in [1.82, 2.24) is 4.98 Å². The molecule has 0 aromatic carbocycles. The largest absolute Gasteiger partial charge is 0.443 e. The van der Waals surface area contributed by atoms with Crippen LogP contribution in [-0.2, 0) is 6.18 Å². The second kappa shape index (κ2) is 9.28. The smallest absolute Gasteiger partial charge is 0.292 e. The highest BCUT2D eigenvalue weighted by atomic mass is 32.1. The van der Waals surface area contributed by atoms with Crippen LogP contribution in [0.5, 0.6) is 0 Å². The Morgan fingerprint density at radius 2 is 1.82 bits per heavy atom. The van der Waals surface area contributed by atoms with Crippen molar-refractivity contribution in [1.29, 1.82) is 0 Å². The van der Waals surface area contributed by atoms with Crippen LogP contribution in [0.1, 0.15) is 80.7 Å². The molecule has 0 saturated heterocycles. The number of alkyl halides is 3. The second-order valence-electron chi connectivity index (χ2n) is 5.59. The predicted molar refractivity (Wildman–Crippen MR) is 83.2 cm³/mol. The third-order valence-electron chi connectivity index (χ3n) is 3.66. The summed E-state index contributed by atoms with van der Waals surface area (Å²) in [5.74, 6) is -0.432. The van der Waals surface area contributed by atoms with E-state index in [1.54, 1.807) is 0 Å². The summed E-state index contributed by atoms with van der Waals surface area (Å²) >= 11 is 0.498. The van der Waals surface area contributed by atoms with Gasteiger partial charge in [0, 0.05) is 11.3 Å². The first-order valence-electron chi connectivity index (χ1n) is 7.97. The van der Waals surface area contributed by atoms with Crippen molar-refractivity contribution >= 4 is 17.1 Å². The van der Waals surface area contributed by atoms with Gasteiger partial charge in [-0.3, -0.25) is 4.79 Å². The monoisotopic (exact) mass is 335 g/mol. The molecule has 1 heterocycles. The van der Waals surface area contributed by atoms with Gasteiger partial charge in [-0.05, 0) is 12.8 Å². The van der Waals surface area contributed by atoms with E-state index < -0.39 is 11.2 Å². The maximum atomic E-state index is 12.6. The summed E-state index contributed by atoms with van der Waals surface area (Å²) in [6, 6.07) is 0. The van der Waals surface area contributed by atoms with E-state index in [1.807, 2.05) is 6.92 Å². The van der Waals surface area contributed by atoms with Gasteiger partial charge < -0.3 is 0 Å². The Balaban J connectivity index is 2.62. The van der Waals surface area contributed by atoms with E-state index in [-0.39, 0.29) is 17.4 Å². The standard InChI is InChI=1S/C16H24F3NOS/c1-3-5-6-7-8-10-12(9-4-2)14(21)13-11-22-15(20-13)16(17,18)19/h11-12H,3-10H2,1-2H3. The number of ketones is 1. The molecule has 0 bridgehead atoms. The Morgan fingerprint density at radius 3 is 2.36 bits per heavy atom. The molecule has 1 aromatic heterocycles. The first-order chi connectivity index (χ1) is 10.4. The van der Waals surface area contributed by atoms with Crippen LogP contribution in [0, 0.1) is 5.92 Å². The van der Waals surface area contributed by atoms with Crippen LogP contribution in [0.15, 0.2) is 5.38 Å². The molecule has 126 valence electrons. The minimum absolute atomic E-state index is 0.0238. The van der Waals surface area contributed by atoms with Crippen LogP contribution in [0.2, 0.25) is 0 Å². The normalized spacial score (nSPS) is 13.3. The molecule has 6 heteroatoms. The molecule has 0 N–H and O–H groups in total. The molecule has 1 atom stereocenters. The fraction of sp³-hybridized carbons (Fsp3) is 0.750. The number of hydrogen-bond acceptors (Lipinski definition) is 3. The van der Waals surface area contributed by atoms with Crippen molar-refractivity contribution in [3.05, 3.63) is 16.1 Å². The Bertz CT molecular complexity index is 456. The quantitative estimate of drug-likeness (QED) is 0.381. The van der Waals surface area contributed by atoms with Crippen molar-refractivity contribution in [2.45, 2.75) is 71.4 Å². The zero-order chi connectivity index (χ0) is 16.6. The van der Waals surface area contributed by atoms with E-state index in [4.69, 9.17) is 0 Å². The number of thiazole rings is 1. The lowest BCUT2D eigenvalue weighted by molar-refractivity contribution is -0.137. The van der Waals surface area contributed by atoms with Crippen LogP contribution in [-0.4, -0.2) is 10.8 Å². The summed E-state index contributed by atoms with van der Waals surface area (Å²) in [7, 11) is 0. The molecule has 0 fully saturated rings. The molecule has 2 nitrogen and oxygen atoms in total. The predicted octanol–water partition coefficient (Wildman–Crippen LogP) is 6.12. The fourth-order valence-electron chi connectivity index (χ4n) is 2.48. The molecular formula is C16H24F3NOS. The van der Waals surface area contributed by atoms with Crippen molar-refractivity contribution in [3.8, 4) is 0 Å². The molecule has 1 aromatic rings. The van der Waals surface area contributed by atoms with Gasteiger partial charge in [0.1, 0.15) is 5.69 Å². The fourth-order valence-corrected chi connectivity index (χ4v) is 3.15. The van der Waals surface area contributed by atoms with Crippen LogP contribution < -0.4 is 0 Å². The summed E-state index contributed by atoms with van der Waals surface area (Å²) in [5.41, 5.74) is -0.0238. The highest BCUT2D eigenvalue weighted by Crippen LogP contribution is 2.32. The zero-order valence-corrected chi connectivity index (χ0v) is 14.0. The van der Waals surface area contributed by atoms with Gasteiger partial charge in [-0.15, -0.1) is 11.3 Å². The van der Waals surface area contributed by atoms with Gasteiger partial charge in [-0.25, -0.2) is 4.98 Å². The topological polar surface area (TPSA) is 30.0 Å². The van der Waals surface area contributed by atoms with Crippen molar-refractivity contribution in [2.75, 3.05) is 0 Å². The molecule has 0 spiro atoms. The zero-order valence-electron chi connectivity index (χ0n) is 13.2. The maximum absolute atomic E-state index is 12.6. The minimum Gasteiger partial charge on any atom is -0.292 e. The SMILES string of the molecule is CCCCCCCC(CCC)C(=O)c1csc(C(F)(F)F)n1. The number of hydrogen-bond donors (Lipinski definition) is 0. The Kier molecular flexibility index (Phi) is 8.07. The number of unbranched alkanes of at least 4 members (excludes halogenated alkanes) is 4. The lowest BCUT2D eigenvalue weighted by Crippen LogP contribution is -2.16. The lowest BCUT2D eigenvalue weighted by atomic mass is 9.91. The second-order valence-corrected chi connectivity index (χ2v) is 6.45. The molecule has 1 unspecified atom stereocenters. The van der Waals surface area contributed by atoms with Crippen LogP contribution in [0.3, 0.4) is 0 Å². The van der Waals surface area contributed by atoms with Gasteiger partial charge >= 0.3 is 6.18 Å². The molecule has 0 amide bonds. The summed E-state index contributed by atoms with van der Waals surface area (Å²) in [6.45, 7) is 4.13. The van der Waals surface area contributed by atoms with Gasteiger partial charge in [0.2, 0.25) is 0 Å². The van der Waals surface area contributed by atoms with E-state index >= 15 is 0 Å². The van der Waals surface area contributed by atoms with Gasteiger partial charge in [-0.2, -0.15) is 13.2 Å². The van der Waals surface area contributed by atoms with E-state index in [0.717, 1.165) is 38.5 Å². The maximum Gasteiger partial charge on any atom is 0.443 e. The number of carbonyl (C=O) groups excluding carboxylic acids is 1. The van der Waals surface area contributed by atoms with Crippen molar-refractivity contribution in [2.24, 2.45) is 5.92 Å². The first kappa shape index (κ1) is 19.1. The molecule has 1 rings (SSSR count). The van der Waals surface area contributed by atoms with Crippen molar-refractivity contribution < 1.29 is 18.0 Å². The average Bonchev–Trinajstić information content (AvgIpc) is 2.95. The summed E-state index contributed by atoms with van der Waals surface area (Å²) in [5, 5.41) is 0.305. The highest BCUT2D eigenvalue weighted by molar-refractivity contribution is 7.10. The number of aromatic nitrogens is 1. The number of Topliss-reactive ketones (excluding diaryl/α,β-unsaturated/α-hetero) is 1. The van der Waals surface area contributed by atoms with Crippen LogP contribution >= 0.6 is 11.3 Å². The Labute approximate surface area is 134 Å². The molecular weight excluding hydrogens is 311 g/mol. The number of halogens is 3. The Hall–Kier alpha value is -0.910. The number of carbonyl (C=O) groups is 1. The molecule has 0 aliphatic carbocycles. The van der Waals surface area contributed by atoms with Gasteiger partial charge in [0.15, 0.2) is 10.8 Å². The summed E-state index contributed by atoms with van der Waals surface area (Å²) < 4.78 is 37.7. The molecule has 0 aliphatic heterocycles. The molecule has 0 radical (unpaired) electrons. The lowest BCUT2D eigenvalue weighted by Gasteiger charge is -2.13. The van der Waals surface area contributed by atoms with Gasteiger partial charge in [-0.1, -0.05) is 52.4 Å².